The van der Waals surface area contributed by atoms with E-state index in [1.165, 1.54) is 0 Å². The van der Waals surface area contributed by atoms with Crippen LogP contribution in [0, 0.1) is 18.8 Å². The first kappa shape index (κ1) is 14.8. The highest BCUT2D eigenvalue weighted by Gasteiger charge is 2.10. The number of aromatic nitrogens is 2. The van der Waals surface area contributed by atoms with Gasteiger partial charge in [0.2, 0.25) is 0 Å². The van der Waals surface area contributed by atoms with Crippen LogP contribution in [0.4, 0.5) is 0 Å². The molecule has 1 amide bonds. The fourth-order valence-corrected chi connectivity index (χ4v) is 1.92. The van der Waals surface area contributed by atoms with Crippen LogP contribution in [0.3, 0.4) is 0 Å². The van der Waals surface area contributed by atoms with Gasteiger partial charge in [0.25, 0.3) is 5.91 Å². The fourth-order valence-electron chi connectivity index (χ4n) is 1.92. The van der Waals surface area contributed by atoms with Gasteiger partial charge in [-0.1, -0.05) is 17.9 Å². The number of amides is 1. The molecule has 2 rings (SSSR count). The molecular formula is C16H17N3O2. The molecule has 0 radical (unpaired) electrons. The number of imidazole rings is 1. The maximum atomic E-state index is 12.2. The summed E-state index contributed by atoms with van der Waals surface area (Å²) in [5.41, 5.74) is 3.14. The average Bonchev–Trinajstić information content (AvgIpc) is 2.98. The molecule has 21 heavy (non-hydrogen) atoms. The van der Waals surface area contributed by atoms with Gasteiger partial charge in [-0.25, -0.2) is 4.98 Å². The van der Waals surface area contributed by atoms with E-state index in [0.717, 1.165) is 11.3 Å². The predicted octanol–water partition coefficient (Wildman–Crippen LogP) is 1.03. The van der Waals surface area contributed by atoms with Gasteiger partial charge >= 0.3 is 0 Å². The van der Waals surface area contributed by atoms with Crippen LogP contribution in [-0.2, 0) is 6.42 Å². The summed E-state index contributed by atoms with van der Waals surface area (Å²) in [7, 11) is 0. The maximum Gasteiger partial charge on any atom is 0.252 e. The molecule has 1 aromatic carbocycles. The third-order valence-corrected chi connectivity index (χ3v) is 2.96. The van der Waals surface area contributed by atoms with E-state index >= 15 is 0 Å². The van der Waals surface area contributed by atoms with Crippen molar-refractivity contribution in [3.63, 3.8) is 0 Å². The SMILES string of the molecule is Cc1ccc(C(=O)NCCc2cnc[nH]2)c(C#CCO)c1. The molecule has 0 unspecified atom stereocenters. The Labute approximate surface area is 123 Å². The van der Waals surface area contributed by atoms with Gasteiger partial charge in [-0.2, -0.15) is 0 Å². The lowest BCUT2D eigenvalue weighted by molar-refractivity contribution is 0.0954. The number of H-pyrrole nitrogens is 1. The zero-order valence-electron chi connectivity index (χ0n) is 11.8. The number of aliphatic hydroxyl groups is 1. The first-order valence-corrected chi connectivity index (χ1v) is 6.66. The lowest BCUT2D eigenvalue weighted by atomic mass is 10.0. The molecule has 5 nitrogen and oxygen atoms in total. The zero-order valence-corrected chi connectivity index (χ0v) is 11.8. The van der Waals surface area contributed by atoms with Crippen molar-refractivity contribution in [1.82, 2.24) is 15.3 Å². The Balaban J connectivity index is 2.04. The number of aromatic amines is 1. The van der Waals surface area contributed by atoms with E-state index < -0.39 is 0 Å². The Bertz CT molecular complexity index is 667. The molecule has 0 saturated heterocycles. The number of nitrogens with one attached hydrogen (secondary N) is 2. The summed E-state index contributed by atoms with van der Waals surface area (Å²) in [6.07, 6.45) is 4.03. The van der Waals surface area contributed by atoms with Gasteiger partial charge < -0.3 is 15.4 Å². The number of carbonyl (C=O) groups is 1. The summed E-state index contributed by atoms with van der Waals surface area (Å²) in [4.78, 5) is 19.1. The van der Waals surface area contributed by atoms with Crippen LogP contribution in [-0.4, -0.2) is 34.1 Å². The summed E-state index contributed by atoms with van der Waals surface area (Å²) >= 11 is 0. The first-order chi connectivity index (χ1) is 10.2. The van der Waals surface area contributed by atoms with Crippen LogP contribution >= 0.6 is 0 Å². The molecule has 0 saturated carbocycles. The van der Waals surface area contributed by atoms with Crippen molar-refractivity contribution < 1.29 is 9.90 Å². The zero-order chi connectivity index (χ0) is 15.1. The summed E-state index contributed by atoms with van der Waals surface area (Å²) < 4.78 is 0. The molecule has 0 atom stereocenters. The Hall–Kier alpha value is -2.58. The van der Waals surface area contributed by atoms with Gasteiger partial charge in [0.15, 0.2) is 0 Å². The number of aryl methyl sites for hydroxylation is 1. The summed E-state index contributed by atoms with van der Waals surface area (Å²) in [5.74, 6) is 5.22. The van der Waals surface area contributed by atoms with Crippen molar-refractivity contribution in [1.29, 1.82) is 0 Å². The highest BCUT2D eigenvalue weighted by molar-refractivity contribution is 5.96. The minimum Gasteiger partial charge on any atom is -0.384 e. The molecule has 108 valence electrons. The molecule has 1 aromatic heterocycles. The monoisotopic (exact) mass is 283 g/mol. The van der Waals surface area contributed by atoms with Gasteiger partial charge in [0.1, 0.15) is 6.61 Å². The number of rotatable bonds is 4. The van der Waals surface area contributed by atoms with E-state index in [1.807, 2.05) is 19.1 Å². The van der Waals surface area contributed by atoms with E-state index in [1.54, 1.807) is 18.6 Å². The molecule has 0 aliphatic carbocycles. The lowest BCUT2D eigenvalue weighted by Crippen LogP contribution is -2.26. The third kappa shape index (κ3) is 4.20. The molecular weight excluding hydrogens is 266 g/mol. The normalized spacial score (nSPS) is 9.81. The van der Waals surface area contributed by atoms with Gasteiger partial charge in [-0.05, 0) is 24.6 Å². The van der Waals surface area contributed by atoms with E-state index in [0.29, 0.717) is 24.1 Å². The van der Waals surface area contributed by atoms with Crippen LogP contribution in [0.5, 0.6) is 0 Å². The van der Waals surface area contributed by atoms with E-state index in [-0.39, 0.29) is 12.5 Å². The van der Waals surface area contributed by atoms with Crippen molar-refractivity contribution in [2.75, 3.05) is 13.2 Å². The largest absolute Gasteiger partial charge is 0.384 e. The predicted molar refractivity (Wildman–Crippen MR) is 79.8 cm³/mol. The number of carbonyl (C=O) groups excluding carboxylic acids is 1. The lowest BCUT2D eigenvalue weighted by Gasteiger charge is -2.07. The van der Waals surface area contributed by atoms with Crippen LogP contribution < -0.4 is 5.32 Å². The topological polar surface area (TPSA) is 78.0 Å². The van der Waals surface area contributed by atoms with Crippen molar-refractivity contribution >= 4 is 5.91 Å². The van der Waals surface area contributed by atoms with Gasteiger partial charge in [-0.15, -0.1) is 0 Å². The average molecular weight is 283 g/mol. The minimum atomic E-state index is -0.227. The molecule has 0 spiro atoms. The maximum absolute atomic E-state index is 12.2. The smallest absolute Gasteiger partial charge is 0.252 e. The molecule has 5 heteroatoms. The molecule has 0 fully saturated rings. The van der Waals surface area contributed by atoms with Gasteiger partial charge in [-0.3, -0.25) is 4.79 Å². The quantitative estimate of drug-likeness (QED) is 0.734. The van der Waals surface area contributed by atoms with E-state index in [2.05, 4.69) is 27.1 Å². The number of hydrogen-bond acceptors (Lipinski definition) is 3. The number of benzene rings is 1. The van der Waals surface area contributed by atoms with E-state index in [4.69, 9.17) is 5.11 Å². The van der Waals surface area contributed by atoms with Crippen molar-refractivity contribution in [3.05, 3.63) is 53.1 Å². The Morgan fingerprint density at radius 3 is 3.05 bits per heavy atom. The third-order valence-electron chi connectivity index (χ3n) is 2.96. The first-order valence-electron chi connectivity index (χ1n) is 6.66. The number of nitrogens with zero attached hydrogens (tertiary/aromatic N) is 1. The van der Waals surface area contributed by atoms with Crippen molar-refractivity contribution in [2.45, 2.75) is 13.3 Å². The molecule has 3 N–H and O–H groups in total. The minimum absolute atomic E-state index is 0.170. The van der Waals surface area contributed by atoms with Gasteiger partial charge in [0.05, 0.1) is 11.9 Å². The second-order valence-electron chi connectivity index (χ2n) is 4.59. The second kappa shape index (κ2) is 7.27. The Morgan fingerprint density at radius 2 is 2.33 bits per heavy atom. The Morgan fingerprint density at radius 1 is 1.48 bits per heavy atom. The van der Waals surface area contributed by atoms with Crippen molar-refractivity contribution in [3.8, 4) is 11.8 Å². The molecule has 0 aliphatic rings. The van der Waals surface area contributed by atoms with Crippen LogP contribution in [0.15, 0.2) is 30.7 Å². The summed E-state index contributed by atoms with van der Waals surface area (Å²) in [6.45, 7) is 2.22. The summed E-state index contributed by atoms with van der Waals surface area (Å²) in [6, 6.07) is 5.46. The summed E-state index contributed by atoms with van der Waals surface area (Å²) in [5, 5.41) is 11.6. The molecule has 1 heterocycles. The molecule has 0 aliphatic heterocycles. The standard InChI is InChI=1S/C16H17N3O2/c1-12-4-5-15(13(9-12)3-2-8-20)16(21)18-7-6-14-10-17-11-19-14/h4-5,9-11,20H,6-8H2,1H3,(H,17,19)(H,18,21). The molecule has 0 bridgehead atoms. The second-order valence-corrected chi connectivity index (χ2v) is 4.59. The van der Waals surface area contributed by atoms with Crippen LogP contribution in [0.25, 0.3) is 0 Å². The number of aliphatic hydroxyl groups excluding tert-OH is 1. The highest BCUT2D eigenvalue weighted by atomic mass is 16.2. The van der Waals surface area contributed by atoms with Gasteiger partial charge in [0, 0.05) is 30.4 Å². The van der Waals surface area contributed by atoms with Crippen LogP contribution in [0.1, 0.15) is 27.2 Å². The van der Waals surface area contributed by atoms with Crippen LogP contribution in [0.2, 0.25) is 0 Å². The number of hydrogen-bond donors (Lipinski definition) is 3. The Kier molecular flexibility index (Phi) is 5.13. The fraction of sp³-hybridized carbons (Fsp3) is 0.250. The van der Waals surface area contributed by atoms with E-state index in [9.17, 15) is 4.79 Å². The van der Waals surface area contributed by atoms with Crippen molar-refractivity contribution in [2.24, 2.45) is 0 Å². The highest BCUT2D eigenvalue weighted by Crippen LogP contribution is 2.10. The molecule has 2 aromatic rings.